The van der Waals surface area contributed by atoms with Gasteiger partial charge in [0.1, 0.15) is 0 Å². The largest absolute Gasteiger partial charge is 0.396 e. The van der Waals surface area contributed by atoms with Gasteiger partial charge >= 0.3 is 0 Å². The van der Waals surface area contributed by atoms with Crippen molar-refractivity contribution in [1.29, 1.82) is 0 Å². The quantitative estimate of drug-likeness (QED) is 0.751. The number of sulfonamides is 1. The summed E-state index contributed by atoms with van der Waals surface area (Å²) in [5, 5.41) is 10.1. The summed E-state index contributed by atoms with van der Waals surface area (Å²) in [6.45, 7) is 0.556. The average molecular weight is 376 g/mol. The molecule has 4 nitrogen and oxygen atoms in total. The molecule has 2 atom stereocenters. The predicted octanol–water partition coefficient (Wildman–Crippen LogP) is 2.66. The van der Waals surface area contributed by atoms with Gasteiger partial charge in [0.25, 0.3) is 0 Å². The topological polar surface area (TPSA) is 66.4 Å². The molecule has 0 radical (unpaired) electrons. The molecule has 2 unspecified atom stereocenters. The van der Waals surface area contributed by atoms with E-state index in [0.29, 0.717) is 16.8 Å². The van der Waals surface area contributed by atoms with E-state index in [1.165, 1.54) is 0 Å². The molecule has 118 valence electrons. The monoisotopic (exact) mass is 375 g/mol. The molecule has 2 N–H and O–H groups in total. The van der Waals surface area contributed by atoms with Crippen LogP contribution in [0.3, 0.4) is 0 Å². The van der Waals surface area contributed by atoms with Gasteiger partial charge in [-0.2, -0.15) is 0 Å². The Morgan fingerprint density at radius 1 is 1.14 bits per heavy atom. The minimum absolute atomic E-state index is 0.145. The third-order valence-electron chi connectivity index (χ3n) is 4.22. The van der Waals surface area contributed by atoms with Crippen molar-refractivity contribution in [3.05, 3.63) is 29.8 Å². The van der Waals surface area contributed by atoms with Crippen LogP contribution in [0.4, 0.5) is 0 Å². The molecule has 0 saturated heterocycles. The zero-order valence-corrected chi connectivity index (χ0v) is 14.4. The van der Waals surface area contributed by atoms with E-state index in [2.05, 4.69) is 20.7 Å². The number of aliphatic hydroxyl groups excluding tert-OH is 1. The van der Waals surface area contributed by atoms with E-state index in [9.17, 15) is 13.5 Å². The molecule has 0 spiro atoms. The maximum Gasteiger partial charge on any atom is 0.240 e. The minimum atomic E-state index is -3.46. The maximum absolute atomic E-state index is 12.3. The second kappa shape index (κ2) is 7.72. The van der Waals surface area contributed by atoms with Gasteiger partial charge in [-0.05, 0) is 42.4 Å². The van der Waals surface area contributed by atoms with Crippen LogP contribution in [0.25, 0.3) is 0 Å². The van der Waals surface area contributed by atoms with Crippen LogP contribution in [0.2, 0.25) is 0 Å². The van der Waals surface area contributed by atoms with Gasteiger partial charge in [-0.3, -0.25) is 0 Å². The molecule has 0 bridgehead atoms. The van der Waals surface area contributed by atoms with Gasteiger partial charge in [-0.15, -0.1) is 0 Å². The molecule has 0 amide bonds. The van der Waals surface area contributed by atoms with Gasteiger partial charge in [0.2, 0.25) is 10.0 Å². The first-order valence-corrected chi connectivity index (χ1v) is 9.92. The lowest BCUT2D eigenvalue weighted by molar-refractivity contribution is 0.136. The summed E-state index contributed by atoms with van der Waals surface area (Å²) in [5.74, 6) is 0.456. The summed E-state index contributed by atoms with van der Waals surface area (Å²) in [7, 11) is -3.46. The molecule has 1 aromatic carbocycles. The Morgan fingerprint density at radius 3 is 2.33 bits per heavy atom. The first-order valence-electron chi connectivity index (χ1n) is 7.32. The highest BCUT2D eigenvalue weighted by atomic mass is 79.9. The summed E-state index contributed by atoms with van der Waals surface area (Å²) in [6.07, 6.45) is 4.21. The highest BCUT2D eigenvalue weighted by Gasteiger charge is 2.26. The number of nitrogens with one attached hydrogen (secondary N) is 1. The van der Waals surface area contributed by atoms with Crippen LogP contribution in [0.1, 0.15) is 31.2 Å². The number of alkyl halides is 1. The second-order valence-electron chi connectivity index (χ2n) is 5.62. The Bertz CT molecular complexity index is 545. The summed E-state index contributed by atoms with van der Waals surface area (Å²) in [4.78, 5) is 0.295. The Labute approximate surface area is 135 Å². The van der Waals surface area contributed by atoms with Gasteiger partial charge in [0, 0.05) is 18.5 Å². The summed E-state index contributed by atoms with van der Waals surface area (Å²) < 4.78 is 27.3. The van der Waals surface area contributed by atoms with Crippen LogP contribution in [0, 0.1) is 11.8 Å². The molecule has 1 aliphatic carbocycles. The summed E-state index contributed by atoms with van der Waals surface area (Å²) in [6, 6.07) is 6.87. The molecule has 0 heterocycles. The highest BCUT2D eigenvalue weighted by Crippen LogP contribution is 2.29. The van der Waals surface area contributed by atoms with E-state index in [1.54, 1.807) is 24.3 Å². The van der Waals surface area contributed by atoms with E-state index < -0.39 is 10.0 Å². The zero-order chi connectivity index (χ0) is 15.3. The van der Waals surface area contributed by atoms with Crippen molar-refractivity contribution in [3.63, 3.8) is 0 Å². The minimum Gasteiger partial charge on any atom is -0.396 e. The Kier molecular flexibility index (Phi) is 6.22. The van der Waals surface area contributed by atoms with E-state index in [-0.39, 0.29) is 18.4 Å². The fourth-order valence-electron chi connectivity index (χ4n) is 2.85. The lowest BCUT2D eigenvalue weighted by Crippen LogP contribution is -2.35. The first kappa shape index (κ1) is 16.9. The lowest BCUT2D eigenvalue weighted by atomic mass is 9.80. The normalized spacial score (nSPS) is 23.1. The van der Waals surface area contributed by atoms with E-state index >= 15 is 0 Å². The van der Waals surface area contributed by atoms with Gasteiger partial charge in [-0.1, -0.05) is 40.9 Å². The van der Waals surface area contributed by atoms with E-state index in [4.69, 9.17) is 0 Å². The number of rotatable bonds is 6. The predicted molar refractivity (Wildman–Crippen MR) is 86.8 cm³/mol. The molecule has 1 aliphatic rings. The Hall–Kier alpha value is -0.430. The van der Waals surface area contributed by atoms with Crippen molar-refractivity contribution < 1.29 is 13.5 Å². The van der Waals surface area contributed by atoms with Crippen molar-refractivity contribution in [2.45, 2.75) is 35.9 Å². The van der Waals surface area contributed by atoms with Gasteiger partial charge in [-0.25, -0.2) is 13.1 Å². The van der Waals surface area contributed by atoms with Crippen LogP contribution in [0.5, 0.6) is 0 Å². The number of aliphatic hydroxyl groups is 1. The average Bonchev–Trinajstić information content (AvgIpc) is 2.53. The van der Waals surface area contributed by atoms with Crippen molar-refractivity contribution in [1.82, 2.24) is 4.72 Å². The molecular weight excluding hydrogens is 354 g/mol. The lowest BCUT2D eigenvalue weighted by Gasteiger charge is -2.30. The number of hydrogen-bond acceptors (Lipinski definition) is 3. The van der Waals surface area contributed by atoms with Gasteiger partial charge in [0.15, 0.2) is 0 Å². The molecule has 0 aromatic heterocycles. The van der Waals surface area contributed by atoms with E-state index in [0.717, 1.165) is 31.2 Å². The Balaban J connectivity index is 1.99. The van der Waals surface area contributed by atoms with Gasteiger partial charge in [0.05, 0.1) is 4.90 Å². The molecule has 2 rings (SSSR count). The number of halogens is 1. The van der Waals surface area contributed by atoms with Gasteiger partial charge < -0.3 is 5.11 Å². The van der Waals surface area contributed by atoms with Crippen LogP contribution in [0.15, 0.2) is 29.2 Å². The van der Waals surface area contributed by atoms with Crippen molar-refractivity contribution in [2.75, 3.05) is 13.2 Å². The maximum atomic E-state index is 12.3. The fourth-order valence-corrected chi connectivity index (χ4v) is 4.32. The molecule has 21 heavy (non-hydrogen) atoms. The molecule has 1 saturated carbocycles. The zero-order valence-electron chi connectivity index (χ0n) is 12.0. The molecule has 1 fully saturated rings. The standard InChI is InChI=1S/C15H22BrNO3S/c16-9-12-5-7-15(8-6-12)21(19,20)17-10-13-3-1-2-4-14(13)11-18/h5-8,13-14,17-18H,1-4,9-11H2. The van der Waals surface area contributed by atoms with Crippen LogP contribution in [-0.4, -0.2) is 26.7 Å². The number of hydrogen-bond donors (Lipinski definition) is 2. The summed E-state index contributed by atoms with van der Waals surface area (Å²) in [5.41, 5.74) is 1.04. The molecule has 6 heteroatoms. The summed E-state index contributed by atoms with van der Waals surface area (Å²) >= 11 is 3.34. The molecule has 0 aliphatic heterocycles. The second-order valence-corrected chi connectivity index (χ2v) is 7.94. The van der Waals surface area contributed by atoms with E-state index in [1.807, 2.05) is 0 Å². The third kappa shape index (κ3) is 4.52. The Morgan fingerprint density at radius 2 is 1.76 bits per heavy atom. The fraction of sp³-hybridized carbons (Fsp3) is 0.600. The number of benzene rings is 1. The van der Waals surface area contributed by atoms with Crippen LogP contribution in [-0.2, 0) is 15.4 Å². The third-order valence-corrected chi connectivity index (χ3v) is 6.31. The first-order chi connectivity index (χ1) is 10.1. The van der Waals surface area contributed by atoms with Crippen molar-refractivity contribution in [3.8, 4) is 0 Å². The van der Waals surface area contributed by atoms with Crippen molar-refractivity contribution >= 4 is 26.0 Å². The highest BCUT2D eigenvalue weighted by molar-refractivity contribution is 9.08. The SMILES string of the molecule is O=S(=O)(NCC1CCCCC1CO)c1ccc(CBr)cc1. The smallest absolute Gasteiger partial charge is 0.240 e. The van der Waals surface area contributed by atoms with Crippen LogP contribution < -0.4 is 4.72 Å². The van der Waals surface area contributed by atoms with Crippen LogP contribution >= 0.6 is 15.9 Å². The molecule has 1 aromatic rings. The van der Waals surface area contributed by atoms with Crippen molar-refractivity contribution in [2.24, 2.45) is 11.8 Å². The molecular formula is C15H22BrNO3S.